The van der Waals surface area contributed by atoms with Crippen LogP contribution in [-0.4, -0.2) is 64.0 Å². The summed E-state index contributed by atoms with van der Waals surface area (Å²) in [5.74, 6) is 1.06. The van der Waals surface area contributed by atoms with Crippen LogP contribution < -0.4 is 15.1 Å². The lowest BCUT2D eigenvalue weighted by Gasteiger charge is -2.29. The van der Waals surface area contributed by atoms with Gasteiger partial charge in [0.1, 0.15) is 26.2 Å². The van der Waals surface area contributed by atoms with E-state index in [9.17, 15) is 4.79 Å². The Kier molecular flexibility index (Phi) is 5.33. The van der Waals surface area contributed by atoms with Crippen molar-refractivity contribution in [1.82, 2.24) is 24.6 Å². The number of rotatable bonds is 6. The van der Waals surface area contributed by atoms with Crippen LogP contribution in [0.1, 0.15) is 12.8 Å². The number of amides is 1. The Morgan fingerprint density at radius 1 is 1.22 bits per heavy atom. The molecular weight excluding hydrogens is 362 g/mol. The van der Waals surface area contributed by atoms with Gasteiger partial charge in [0.2, 0.25) is 4.77 Å². The maximum Gasteiger partial charge on any atom is 0.275 e. The fourth-order valence-electron chi connectivity index (χ4n) is 3.58. The van der Waals surface area contributed by atoms with Crippen molar-refractivity contribution in [2.24, 2.45) is 7.05 Å². The molecule has 8 nitrogen and oxygen atoms in total. The third kappa shape index (κ3) is 4.42. The Morgan fingerprint density at radius 2 is 1.89 bits per heavy atom. The monoisotopic (exact) mass is 389 g/mol. The van der Waals surface area contributed by atoms with Gasteiger partial charge in [0.05, 0.1) is 0 Å². The van der Waals surface area contributed by atoms with Crippen molar-refractivity contribution in [1.29, 1.82) is 0 Å². The summed E-state index contributed by atoms with van der Waals surface area (Å²) in [6.45, 7) is 5.41. The molecule has 0 bridgehead atoms. The lowest BCUT2D eigenvalue weighted by Crippen LogP contribution is -3.28. The smallest absolute Gasteiger partial charge is 0.275 e. The molecule has 4 rings (SSSR count). The second-order valence-corrected chi connectivity index (χ2v) is 7.94. The van der Waals surface area contributed by atoms with Crippen LogP contribution in [0.15, 0.2) is 24.5 Å². The van der Waals surface area contributed by atoms with Gasteiger partial charge in [0.15, 0.2) is 19.0 Å². The van der Waals surface area contributed by atoms with Crippen molar-refractivity contribution >= 4 is 18.1 Å². The van der Waals surface area contributed by atoms with Gasteiger partial charge in [-0.2, -0.15) is 4.68 Å². The first kappa shape index (κ1) is 18.3. The first-order valence-corrected chi connectivity index (χ1v) is 10.0. The molecule has 9 heteroatoms. The van der Waals surface area contributed by atoms with E-state index in [1.54, 1.807) is 12.4 Å². The Labute approximate surface area is 163 Å². The summed E-state index contributed by atoms with van der Waals surface area (Å²) in [5.41, 5.74) is 1.02. The van der Waals surface area contributed by atoms with Crippen LogP contribution in [0.5, 0.6) is 0 Å². The highest BCUT2D eigenvalue weighted by Gasteiger charge is 2.28. The summed E-state index contributed by atoms with van der Waals surface area (Å²) in [6, 6.07) is 4.34. The molecular formula is C18H27N7OS+2. The van der Waals surface area contributed by atoms with Crippen molar-refractivity contribution in [2.45, 2.75) is 25.6 Å². The van der Waals surface area contributed by atoms with Gasteiger partial charge in [-0.1, -0.05) is 0 Å². The predicted octanol–water partition coefficient (Wildman–Crippen LogP) is -1.97. The van der Waals surface area contributed by atoms with Gasteiger partial charge in [0, 0.05) is 31.0 Å². The first-order valence-electron chi connectivity index (χ1n) is 9.61. The molecule has 27 heavy (non-hydrogen) atoms. The number of piperazine rings is 1. The zero-order valence-electron chi connectivity index (χ0n) is 15.6. The number of nitrogens with one attached hydrogen (secondary N) is 3. The molecule has 3 N–H and O–H groups in total. The highest BCUT2D eigenvalue weighted by Crippen LogP contribution is 2.18. The molecule has 144 valence electrons. The summed E-state index contributed by atoms with van der Waals surface area (Å²) >= 11 is 5.59. The number of carbonyl (C=O) groups excluding carboxylic acids is 1. The molecule has 3 heterocycles. The summed E-state index contributed by atoms with van der Waals surface area (Å²) in [5, 5.41) is 7.82. The Balaban J connectivity index is 1.34. The molecule has 1 saturated carbocycles. The lowest BCUT2D eigenvalue weighted by molar-refractivity contribution is -1.02. The van der Waals surface area contributed by atoms with Gasteiger partial charge in [0.25, 0.3) is 5.91 Å². The number of hydrogen-bond acceptors (Lipinski definition) is 4. The Morgan fingerprint density at radius 3 is 2.56 bits per heavy atom. The summed E-state index contributed by atoms with van der Waals surface area (Å²) < 4.78 is 4.60. The molecule has 0 radical (unpaired) electrons. The summed E-state index contributed by atoms with van der Waals surface area (Å²) in [7, 11) is 1.96. The van der Waals surface area contributed by atoms with Crippen LogP contribution in [0.25, 0.3) is 11.4 Å². The van der Waals surface area contributed by atoms with Crippen molar-refractivity contribution in [3.05, 3.63) is 29.3 Å². The van der Waals surface area contributed by atoms with Gasteiger partial charge in [-0.05, 0) is 37.2 Å². The molecule has 1 amide bonds. The van der Waals surface area contributed by atoms with Crippen LogP contribution in [0.2, 0.25) is 0 Å². The zero-order chi connectivity index (χ0) is 18.8. The molecule has 2 aliphatic rings. The van der Waals surface area contributed by atoms with Crippen LogP contribution in [0.3, 0.4) is 0 Å². The van der Waals surface area contributed by atoms with Crippen molar-refractivity contribution < 1.29 is 14.6 Å². The normalized spacial score (nSPS) is 22.6. The van der Waals surface area contributed by atoms with Crippen LogP contribution >= 0.6 is 12.2 Å². The Hall–Kier alpha value is -2.10. The summed E-state index contributed by atoms with van der Waals surface area (Å²) in [6.07, 6.45) is 5.82. The largest absolute Gasteiger partial charge is 0.348 e. The minimum atomic E-state index is 0.199. The molecule has 1 aliphatic carbocycles. The number of quaternary nitrogens is 2. The van der Waals surface area contributed by atoms with Gasteiger partial charge < -0.3 is 19.7 Å². The second kappa shape index (κ2) is 7.87. The van der Waals surface area contributed by atoms with E-state index in [0.717, 1.165) is 61.8 Å². The maximum atomic E-state index is 12.0. The topological polar surface area (TPSA) is 73.6 Å². The van der Waals surface area contributed by atoms with Gasteiger partial charge in [-0.3, -0.25) is 9.78 Å². The fraction of sp³-hybridized carbons (Fsp3) is 0.556. The third-order valence-corrected chi connectivity index (χ3v) is 5.85. The Bertz CT molecular complexity index is 850. The average molecular weight is 390 g/mol. The van der Waals surface area contributed by atoms with E-state index in [1.165, 1.54) is 9.80 Å². The minimum Gasteiger partial charge on any atom is -0.348 e. The molecule has 2 aromatic heterocycles. The highest BCUT2D eigenvalue weighted by atomic mass is 32.1. The minimum absolute atomic E-state index is 0.199. The zero-order valence-corrected chi connectivity index (χ0v) is 16.5. The molecule has 0 unspecified atom stereocenters. The lowest BCUT2D eigenvalue weighted by atomic mass is 10.2. The van der Waals surface area contributed by atoms with E-state index in [2.05, 4.69) is 10.3 Å². The van der Waals surface area contributed by atoms with E-state index in [1.807, 2.05) is 28.4 Å². The van der Waals surface area contributed by atoms with E-state index in [0.29, 0.717) is 12.6 Å². The van der Waals surface area contributed by atoms with Crippen LogP contribution in [0, 0.1) is 4.77 Å². The van der Waals surface area contributed by atoms with Crippen LogP contribution in [-0.2, 0) is 18.5 Å². The second-order valence-electron chi connectivity index (χ2n) is 7.58. The van der Waals surface area contributed by atoms with Gasteiger partial charge >= 0.3 is 0 Å². The summed E-state index contributed by atoms with van der Waals surface area (Å²) in [4.78, 5) is 18.9. The van der Waals surface area contributed by atoms with Gasteiger partial charge in [-0.25, -0.2) is 0 Å². The molecule has 2 aromatic rings. The van der Waals surface area contributed by atoms with Crippen molar-refractivity contribution in [2.75, 3.05) is 32.7 Å². The van der Waals surface area contributed by atoms with Gasteiger partial charge in [-0.15, -0.1) is 5.10 Å². The van der Waals surface area contributed by atoms with Crippen molar-refractivity contribution in [3.8, 4) is 11.4 Å². The maximum absolute atomic E-state index is 12.0. The molecule has 0 atom stereocenters. The number of hydrogen-bond donors (Lipinski definition) is 3. The molecule has 2 fully saturated rings. The van der Waals surface area contributed by atoms with E-state index < -0.39 is 0 Å². The van der Waals surface area contributed by atoms with E-state index in [-0.39, 0.29) is 5.91 Å². The molecule has 0 aromatic carbocycles. The molecule has 1 saturated heterocycles. The number of carbonyl (C=O) groups is 1. The fourth-order valence-corrected chi connectivity index (χ4v) is 3.77. The third-order valence-electron chi connectivity index (χ3n) is 5.37. The number of pyridine rings is 1. The average Bonchev–Trinajstić information content (AvgIpc) is 3.45. The quantitative estimate of drug-likeness (QED) is 0.502. The highest BCUT2D eigenvalue weighted by molar-refractivity contribution is 7.71. The molecule has 0 spiro atoms. The SMILES string of the molecule is Cn1c(-c2ccncc2)nn(C[NH+]2CC[NH+](CC(=O)NC3CC3)CC2)c1=S. The number of aromatic nitrogens is 4. The van der Waals surface area contributed by atoms with E-state index in [4.69, 9.17) is 17.3 Å². The first-order chi connectivity index (χ1) is 13.1. The van der Waals surface area contributed by atoms with Crippen molar-refractivity contribution in [3.63, 3.8) is 0 Å². The predicted molar refractivity (Wildman–Crippen MR) is 103 cm³/mol. The van der Waals surface area contributed by atoms with Crippen LogP contribution in [0.4, 0.5) is 0 Å². The standard InChI is InChI=1S/C18H25N7OS/c1-22-17(14-4-6-19-7-5-14)21-25(18(22)27)13-24-10-8-23(9-11-24)12-16(26)20-15-2-3-15/h4-7,15H,2-3,8-13H2,1H3,(H,20,26)/p+2. The number of nitrogens with zero attached hydrogens (tertiary/aromatic N) is 4. The molecule has 1 aliphatic heterocycles. The van der Waals surface area contributed by atoms with E-state index >= 15 is 0 Å².